The molecule has 0 saturated heterocycles. The van der Waals surface area contributed by atoms with Gasteiger partial charge in [0.2, 0.25) is 0 Å². The number of fused-ring (bicyclic) bond motifs is 1. The first kappa shape index (κ1) is 11.2. The Bertz CT molecular complexity index is 741. The van der Waals surface area contributed by atoms with Crippen molar-refractivity contribution >= 4 is 23.3 Å². The number of benzene rings is 1. The molecule has 3 aromatic rings. The number of rotatable bonds is 2. The Morgan fingerprint density at radius 2 is 2.17 bits per heavy atom. The van der Waals surface area contributed by atoms with Crippen molar-refractivity contribution in [2.24, 2.45) is 0 Å². The molecule has 0 radical (unpaired) electrons. The molecule has 0 aliphatic carbocycles. The van der Waals surface area contributed by atoms with Crippen molar-refractivity contribution in [3.8, 4) is 0 Å². The number of nitrogens with one attached hydrogen (secondary N) is 1. The van der Waals surface area contributed by atoms with E-state index in [1.807, 2.05) is 12.3 Å². The fourth-order valence-corrected chi connectivity index (χ4v) is 2.42. The molecule has 0 spiro atoms. The van der Waals surface area contributed by atoms with E-state index in [2.05, 4.69) is 45.7 Å². The van der Waals surface area contributed by atoms with E-state index in [9.17, 15) is 0 Å². The first-order valence-corrected chi connectivity index (χ1v) is 6.23. The van der Waals surface area contributed by atoms with Crippen LogP contribution in [0.4, 0.5) is 0 Å². The molecule has 4 heteroatoms. The van der Waals surface area contributed by atoms with E-state index in [4.69, 9.17) is 12.2 Å². The summed E-state index contributed by atoms with van der Waals surface area (Å²) >= 11 is 5.40. The van der Waals surface area contributed by atoms with Crippen LogP contribution in [0.2, 0.25) is 0 Å². The predicted molar refractivity (Wildman–Crippen MR) is 75.2 cm³/mol. The third-order valence-corrected chi connectivity index (χ3v) is 3.40. The maximum atomic E-state index is 5.40. The minimum Gasteiger partial charge on any atom is -0.330 e. The van der Waals surface area contributed by atoms with Crippen LogP contribution in [-0.4, -0.2) is 14.5 Å². The summed E-state index contributed by atoms with van der Waals surface area (Å²) in [7, 11) is 0. The molecule has 2 aromatic heterocycles. The highest BCUT2D eigenvalue weighted by atomic mass is 32.1. The van der Waals surface area contributed by atoms with Crippen LogP contribution in [0.3, 0.4) is 0 Å². The highest BCUT2D eigenvalue weighted by Crippen LogP contribution is 2.18. The van der Waals surface area contributed by atoms with Gasteiger partial charge in [-0.2, -0.15) is 0 Å². The molecule has 1 N–H and O–H groups in total. The standard InChI is InChI=1S/C14H13N3S/c1-10-4-2-6-12-13(10)16-14(18)17(12)9-11-5-3-7-15-8-11/h2-8H,9H2,1H3,(H,16,18). The van der Waals surface area contributed by atoms with Crippen LogP contribution >= 0.6 is 12.2 Å². The van der Waals surface area contributed by atoms with Crippen molar-refractivity contribution in [2.75, 3.05) is 0 Å². The van der Waals surface area contributed by atoms with Gasteiger partial charge in [0.1, 0.15) is 0 Å². The van der Waals surface area contributed by atoms with Gasteiger partial charge in [0.05, 0.1) is 17.6 Å². The molecular formula is C14H13N3S. The summed E-state index contributed by atoms with van der Waals surface area (Å²) < 4.78 is 2.86. The lowest BCUT2D eigenvalue weighted by Crippen LogP contribution is -1.99. The largest absolute Gasteiger partial charge is 0.330 e. The quantitative estimate of drug-likeness (QED) is 0.712. The second-order valence-electron chi connectivity index (χ2n) is 4.35. The minimum absolute atomic E-state index is 0.746. The molecule has 0 saturated carbocycles. The van der Waals surface area contributed by atoms with Gasteiger partial charge in [-0.15, -0.1) is 0 Å². The topological polar surface area (TPSA) is 33.6 Å². The van der Waals surface area contributed by atoms with E-state index in [1.54, 1.807) is 6.20 Å². The Morgan fingerprint density at radius 3 is 2.94 bits per heavy atom. The molecule has 18 heavy (non-hydrogen) atoms. The molecule has 0 unspecified atom stereocenters. The molecule has 0 aliphatic heterocycles. The maximum Gasteiger partial charge on any atom is 0.178 e. The Balaban J connectivity index is 2.15. The number of para-hydroxylation sites is 1. The van der Waals surface area contributed by atoms with Gasteiger partial charge in [-0.3, -0.25) is 4.98 Å². The highest BCUT2D eigenvalue weighted by Gasteiger charge is 2.06. The Hall–Kier alpha value is -1.94. The van der Waals surface area contributed by atoms with Gasteiger partial charge < -0.3 is 9.55 Å². The number of aromatic amines is 1. The summed E-state index contributed by atoms with van der Waals surface area (Å²) in [5.74, 6) is 0. The number of aryl methyl sites for hydroxylation is 1. The van der Waals surface area contributed by atoms with Crippen LogP contribution in [0.25, 0.3) is 11.0 Å². The van der Waals surface area contributed by atoms with Crippen LogP contribution in [-0.2, 0) is 6.54 Å². The SMILES string of the molecule is Cc1cccc2c1[nH]c(=S)n2Cc1cccnc1. The van der Waals surface area contributed by atoms with Gasteiger partial charge in [0.25, 0.3) is 0 Å². The molecule has 0 fully saturated rings. The zero-order valence-electron chi connectivity index (χ0n) is 10.1. The minimum atomic E-state index is 0.746. The number of hydrogen-bond acceptors (Lipinski definition) is 2. The van der Waals surface area contributed by atoms with Gasteiger partial charge in [0, 0.05) is 12.4 Å². The lowest BCUT2D eigenvalue weighted by Gasteiger charge is -2.04. The normalized spacial score (nSPS) is 10.9. The summed E-state index contributed by atoms with van der Waals surface area (Å²) in [6.07, 6.45) is 3.65. The van der Waals surface area contributed by atoms with Crippen LogP contribution in [0.5, 0.6) is 0 Å². The third kappa shape index (κ3) is 1.84. The van der Waals surface area contributed by atoms with Gasteiger partial charge in [0.15, 0.2) is 4.77 Å². The molecule has 0 bridgehead atoms. The van der Waals surface area contributed by atoms with Crippen molar-refractivity contribution in [1.82, 2.24) is 14.5 Å². The number of aromatic nitrogens is 3. The summed E-state index contributed by atoms with van der Waals surface area (Å²) in [5, 5.41) is 0. The van der Waals surface area contributed by atoms with E-state index in [0.29, 0.717) is 0 Å². The van der Waals surface area contributed by atoms with Gasteiger partial charge in [-0.05, 0) is 42.4 Å². The second-order valence-corrected chi connectivity index (χ2v) is 4.73. The molecule has 0 atom stereocenters. The molecular weight excluding hydrogens is 242 g/mol. The van der Waals surface area contributed by atoms with Crippen molar-refractivity contribution in [1.29, 1.82) is 0 Å². The van der Waals surface area contributed by atoms with E-state index >= 15 is 0 Å². The van der Waals surface area contributed by atoms with Crippen molar-refractivity contribution in [2.45, 2.75) is 13.5 Å². The first-order valence-electron chi connectivity index (χ1n) is 5.83. The summed E-state index contributed by atoms with van der Waals surface area (Å²) in [4.78, 5) is 7.41. The molecule has 2 heterocycles. The molecule has 3 rings (SSSR count). The zero-order valence-corrected chi connectivity index (χ0v) is 10.9. The van der Waals surface area contributed by atoms with Gasteiger partial charge in [-0.25, -0.2) is 0 Å². The summed E-state index contributed by atoms with van der Waals surface area (Å²) in [6.45, 7) is 2.83. The zero-order chi connectivity index (χ0) is 12.5. The van der Waals surface area contributed by atoms with Crippen LogP contribution in [0.15, 0.2) is 42.7 Å². The average Bonchev–Trinajstić information content (AvgIpc) is 2.70. The van der Waals surface area contributed by atoms with E-state index in [1.165, 1.54) is 5.56 Å². The van der Waals surface area contributed by atoms with Crippen molar-refractivity contribution in [3.05, 3.63) is 58.6 Å². The number of H-pyrrole nitrogens is 1. The molecule has 0 aliphatic rings. The van der Waals surface area contributed by atoms with E-state index in [-0.39, 0.29) is 0 Å². The Morgan fingerprint density at radius 1 is 1.28 bits per heavy atom. The number of pyridine rings is 1. The van der Waals surface area contributed by atoms with E-state index < -0.39 is 0 Å². The van der Waals surface area contributed by atoms with Crippen LogP contribution in [0, 0.1) is 11.7 Å². The smallest absolute Gasteiger partial charge is 0.178 e. The number of hydrogen-bond donors (Lipinski definition) is 1. The molecule has 0 amide bonds. The molecule has 1 aromatic carbocycles. The number of imidazole rings is 1. The van der Waals surface area contributed by atoms with E-state index in [0.717, 1.165) is 27.9 Å². The lowest BCUT2D eigenvalue weighted by molar-refractivity contribution is 0.806. The molecule has 90 valence electrons. The monoisotopic (exact) mass is 255 g/mol. The summed E-state index contributed by atoms with van der Waals surface area (Å²) in [6, 6.07) is 10.2. The highest BCUT2D eigenvalue weighted by molar-refractivity contribution is 7.71. The first-order chi connectivity index (χ1) is 8.75. The maximum absolute atomic E-state index is 5.40. The van der Waals surface area contributed by atoms with Gasteiger partial charge >= 0.3 is 0 Å². The Labute approximate surface area is 110 Å². The summed E-state index contributed by atoms with van der Waals surface area (Å²) in [5.41, 5.74) is 4.62. The van der Waals surface area contributed by atoms with Crippen LogP contribution in [0.1, 0.15) is 11.1 Å². The van der Waals surface area contributed by atoms with Gasteiger partial charge in [-0.1, -0.05) is 18.2 Å². The van der Waals surface area contributed by atoms with Crippen LogP contribution < -0.4 is 0 Å². The predicted octanol–water partition coefficient (Wildman–Crippen LogP) is 3.45. The number of nitrogens with zero attached hydrogens (tertiary/aromatic N) is 2. The van der Waals surface area contributed by atoms with Crippen molar-refractivity contribution in [3.63, 3.8) is 0 Å². The lowest BCUT2D eigenvalue weighted by atomic mass is 10.2. The average molecular weight is 255 g/mol. The fraction of sp³-hybridized carbons (Fsp3) is 0.143. The third-order valence-electron chi connectivity index (χ3n) is 3.08. The van der Waals surface area contributed by atoms with Crippen molar-refractivity contribution < 1.29 is 0 Å². The molecule has 3 nitrogen and oxygen atoms in total. The Kier molecular flexibility index (Phi) is 2.72. The fourth-order valence-electron chi connectivity index (χ4n) is 2.15. The second kappa shape index (κ2) is 4.38.